The van der Waals surface area contributed by atoms with E-state index in [1.165, 1.54) is 31.5 Å². The summed E-state index contributed by atoms with van der Waals surface area (Å²) in [6.07, 6.45) is 2.58. The molecule has 0 bridgehead atoms. The Kier molecular flexibility index (Phi) is 6.13. The normalized spacial score (nSPS) is 16.2. The molecule has 0 spiro atoms. The summed E-state index contributed by atoms with van der Waals surface area (Å²) in [5.41, 5.74) is 2.48. The van der Waals surface area contributed by atoms with Crippen molar-refractivity contribution in [2.24, 2.45) is 0 Å². The van der Waals surface area contributed by atoms with Crippen LogP contribution in [0.4, 0.5) is 0 Å². The molecule has 0 saturated carbocycles. The lowest BCUT2D eigenvalue weighted by Gasteiger charge is -2.28. The fourth-order valence-electron chi connectivity index (χ4n) is 3.32. The van der Waals surface area contributed by atoms with Gasteiger partial charge in [0.15, 0.2) is 0 Å². The van der Waals surface area contributed by atoms with Crippen LogP contribution in [-0.4, -0.2) is 31.6 Å². The first-order chi connectivity index (χ1) is 11.8. The van der Waals surface area contributed by atoms with E-state index in [1.807, 2.05) is 30.3 Å². The van der Waals surface area contributed by atoms with Crippen molar-refractivity contribution in [3.8, 4) is 5.75 Å². The molecule has 2 aromatic rings. The lowest BCUT2D eigenvalue weighted by atomic mass is 10.0. The molecule has 0 radical (unpaired) electrons. The molecule has 4 heteroatoms. The zero-order valence-electron chi connectivity index (χ0n) is 14.2. The monoisotopic (exact) mass is 344 g/mol. The Balaban J connectivity index is 1.67. The van der Waals surface area contributed by atoms with E-state index in [1.54, 1.807) is 7.11 Å². The van der Waals surface area contributed by atoms with E-state index in [4.69, 9.17) is 16.3 Å². The number of likely N-dealkylation sites (tertiary alicyclic amines) is 1. The Morgan fingerprint density at radius 2 is 1.79 bits per heavy atom. The summed E-state index contributed by atoms with van der Waals surface area (Å²) < 4.78 is 5.28. The molecule has 0 amide bonds. The average Bonchev–Trinajstić information content (AvgIpc) is 3.15. The maximum atomic E-state index is 6.25. The van der Waals surface area contributed by atoms with E-state index in [-0.39, 0.29) is 0 Å². The summed E-state index contributed by atoms with van der Waals surface area (Å²) in [5.74, 6) is 0.906. The number of nitrogens with one attached hydrogen (secondary N) is 1. The zero-order valence-corrected chi connectivity index (χ0v) is 14.9. The SMILES string of the molecule is COc1ccc(C(CNCc2ccccc2Cl)N2CCCC2)cc1. The Bertz CT molecular complexity index is 638. The molecule has 1 fully saturated rings. The quantitative estimate of drug-likeness (QED) is 0.811. The van der Waals surface area contributed by atoms with E-state index in [0.29, 0.717) is 6.04 Å². The van der Waals surface area contributed by atoms with Gasteiger partial charge in [-0.2, -0.15) is 0 Å². The van der Waals surface area contributed by atoms with Gasteiger partial charge in [-0.3, -0.25) is 4.90 Å². The molecule has 24 heavy (non-hydrogen) atoms. The summed E-state index contributed by atoms with van der Waals surface area (Å²) in [6, 6.07) is 16.9. The van der Waals surface area contributed by atoms with E-state index in [0.717, 1.165) is 29.4 Å². The second-order valence-corrected chi connectivity index (χ2v) is 6.66. The van der Waals surface area contributed by atoms with Gasteiger partial charge in [-0.15, -0.1) is 0 Å². The fraction of sp³-hybridized carbons (Fsp3) is 0.400. The van der Waals surface area contributed by atoms with Crippen LogP contribution in [0.25, 0.3) is 0 Å². The van der Waals surface area contributed by atoms with Gasteiger partial charge in [0.2, 0.25) is 0 Å². The molecule has 0 aromatic heterocycles. The molecule has 1 atom stereocenters. The molecule has 1 N–H and O–H groups in total. The van der Waals surface area contributed by atoms with Gasteiger partial charge in [-0.05, 0) is 55.3 Å². The Labute approximate surface area is 149 Å². The number of rotatable bonds is 7. The third-order valence-electron chi connectivity index (χ3n) is 4.69. The molecule has 1 heterocycles. The molecular weight excluding hydrogens is 320 g/mol. The van der Waals surface area contributed by atoms with Crippen LogP contribution in [0.1, 0.15) is 30.0 Å². The Hall–Kier alpha value is -1.55. The lowest BCUT2D eigenvalue weighted by molar-refractivity contribution is 0.238. The number of nitrogens with zero attached hydrogens (tertiary/aromatic N) is 1. The topological polar surface area (TPSA) is 24.5 Å². The lowest BCUT2D eigenvalue weighted by Crippen LogP contribution is -2.34. The third kappa shape index (κ3) is 4.29. The number of halogens is 1. The zero-order chi connectivity index (χ0) is 16.8. The fourth-order valence-corrected chi connectivity index (χ4v) is 3.52. The second-order valence-electron chi connectivity index (χ2n) is 6.25. The molecule has 0 aliphatic carbocycles. The number of methoxy groups -OCH3 is 1. The van der Waals surface area contributed by atoms with Crippen LogP contribution in [0, 0.1) is 0 Å². The van der Waals surface area contributed by atoms with Gasteiger partial charge >= 0.3 is 0 Å². The molecule has 2 aromatic carbocycles. The van der Waals surface area contributed by atoms with Crippen LogP contribution in [0.2, 0.25) is 5.02 Å². The number of ether oxygens (including phenoxy) is 1. The maximum absolute atomic E-state index is 6.25. The van der Waals surface area contributed by atoms with Gasteiger partial charge in [0, 0.05) is 24.2 Å². The summed E-state index contributed by atoms with van der Waals surface area (Å²) in [7, 11) is 1.71. The van der Waals surface area contributed by atoms with Crippen molar-refractivity contribution >= 4 is 11.6 Å². The summed E-state index contributed by atoms with van der Waals surface area (Å²) in [5, 5.41) is 4.42. The molecule has 1 aliphatic heterocycles. The number of benzene rings is 2. The highest BCUT2D eigenvalue weighted by molar-refractivity contribution is 6.31. The highest BCUT2D eigenvalue weighted by atomic mass is 35.5. The first-order valence-electron chi connectivity index (χ1n) is 8.60. The second kappa shape index (κ2) is 8.52. The van der Waals surface area contributed by atoms with Crippen molar-refractivity contribution in [2.45, 2.75) is 25.4 Å². The first kappa shape index (κ1) is 17.3. The van der Waals surface area contributed by atoms with Crippen molar-refractivity contribution in [1.29, 1.82) is 0 Å². The molecule has 3 rings (SSSR count). The minimum atomic E-state index is 0.390. The van der Waals surface area contributed by atoms with Crippen molar-refractivity contribution in [1.82, 2.24) is 10.2 Å². The van der Waals surface area contributed by atoms with E-state index >= 15 is 0 Å². The van der Waals surface area contributed by atoms with Gasteiger partial charge in [0.05, 0.1) is 7.11 Å². The minimum absolute atomic E-state index is 0.390. The largest absolute Gasteiger partial charge is 0.497 e. The highest BCUT2D eigenvalue weighted by Gasteiger charge is 2.23. The molecule has 1 aliphatic rings. The molecule has 1 unspecified atom stereocenters. The summed E-state index contributed by atoms with van der Waals surface area (Å²) in [4.78, 5) is 2.57. The van der Waals surface area contributed by atoms with E-state index in [2.05, 4.69) is 28.4 Å². The van der Waals surface area contributed by atoms with Gasteiger partial charge in [0.25, 0.3) is 0 Å². The third-order valence-corrected chi connectivity index (χ3v) is 5.06. The maximum Gasteiger partial charge on any atom is 0.118 e. The van der Waals surface area contributed by atoms with Crippen LogP contribution in [-0.2, 0) is 6.54 Å². The smallest absolute Gasteiger partial charge is 0.118 e. The Morgan fingerprint density at radius 3 is 2.46 bits per heavy atom. The van der Waals surface area contributed by atoms with Gasteiger partial charge in [-0.1, -0.05) is 41.9 Å². The van der Waals surface area contributed by atoms with Crippen molar-refractivity contribution in [3.05, 3.63) is 64.7 Å². The number of hydrogen-bond donors (Lipinski definition) is 1. The van der Waals surface area contributed by atoms with Crippen molar-refractivity contribution in [2.75, 3.05) is 26.7 Å². The predicted molar refractivity (Wildman–Crippen MR) is 99.7 cm³/mol. The summed E-state index contributed by atoms with van der Waals surface area (Å²) in [6.45, 7) is 4.05. The van der Waals surface area contributed by atoms with Gasteiger partial charge in [0.1, 0.15) is 5.75 Å². The van der Waals surface area contributed by atoms with Crippen LogP contribution < -0.4 is 10.1 Å². The standard InChI is InChI=1S/C20H25ClN2O/c1-24-18-10-8-16(9-11-18)20(23-12-4-5-13-23)15-22-14-17-6-2-3-7-19(17)21/h2-3,6-11,20,22H,4-5,12-15H2,1H3. The number of hydrogen-bond acceptors (Lipinski definition) is 3. The first-order valence-corrected chi connectivity index (χ1v) is 8.98. The average molecular weight is 345 g/mol. The Morgan fingerprint density at radius 1 is 1.08 bits per heavy atom. The van der Waals surface area contributed by atoms with Gasteiger partial charge in [-0.25, -0.2) is 0 Å². The van der Waals surface area contributed by atoms with Crippen molar-refractivity contribution in [3.63, 3.8) is 0 Å². The highest BCUT2D eigenvalue weighted by Crippen LogP contribution is 2.26. The van der Waals surface area contributed by atoms with Gasteiger partial charge < -0.3 is 10.1 Å². The molecular formula is C20H25ClN2O. The van der Waals surface area contributed by atoms with Crippen LogP contribution in [0.3, 0.4) is 0 Å². The van der Waals surface area contributed by atoms with Crippen LogP contribution >= 0.6 is 11.6 Å². The van der Waals surface area contributed by atoms with E-state index in [9.17, 15) is 0 Å². The predicted octanol–water partition coefficient (Wildman–Crippen LogP) is 4.28. The minimum Gasteiger partial charge on any atom is -0.497 e. The van der Waals surface area contributed by atoms with Crippen LogP contribution in [0.15, 0.2) is 48.5 Å². The van der Waals surface area contributed by atoms with Crippen molar-refractivity contribution < 1.29 is 4.74 Å². The summed E-state index contributed by atoms with van der Waals surface area (Å²) >= 11 is 6.25. The molecule has 3 nitrogen and oxygen atoms in total. The molecule has 128 valence electrons. The molecule has 1 saturated heterocycles. The van der Waals surface area contributed by atoms with E-state index < -0.39 is 0 Å². The van der Waals surface area contributed by atoms with Crippen LogP contribution in [0.5, 0.6) is 5.75 Å².